The second-order valence-corrected chi connectivity index (χ2v) is 5.69. The molecule has 0 fully saturated rings. The Morgan fingerprint density at radius 2 is 2.05 bits per heavy atom. The van der Waals surface area contributed by atoms with Crippen molar-refractivity contribution in [2.45, 2.75) is 6.54 Å². The highest BCUT2D eigenvalue weighted by Gasteiger charge is 2.53. The molecule has 3 aliphatic heterocycles. The van der Waals surface area contributed by atoms with Gasteiger partial charge in [0.15, 0.2) is 6.54 Å². The van der Waals surface area contributed by atoms with Crippen LogP contribution in [-0.2, 0) is 6.54 Å². The Morgan fingerprint density at radius 3 is 3.05 bits per heavy atom. The lowest BCUT2D eigenvalue weighted by Crippen LogP contribution is -2.50. The zero-order chi connectivity index (χ0) is 13.6. The Labute approximate surface area is 121 Å². The molecule has 0 atom stereocenters. The fourth-order valence-electron chi connectivity index (χ4n) is 3.79. The third-order valence-electron chi connectivity index (χ3n) is 4.62. The number of hydrogen-bond acceptors (Lipinski definition) is 3. The molecule has 21 heavy (non-hydrogen) atoms. The monoisotopic (exact) mass is 273 g/mol. The predicted molar refractivity (Wildman–Crippen MR) is 78.0 cm³/mol. The smallest absolute Gasteiger partial charge is 0.527 e. The zero-order valence-corrected chi connectivity index (χ0v) is 11.1. The quantitative estimate of drug-likeness (QED) is 0.361. The van der Waals surface area contributed by atoms with E-state index in [-0.39, 0.29) is 7.05 Å². The maximum atomic E-state index is 6.20. The van der Waals surface area contributed by atoms with Gasteiger partial charge in [0, 0.05) is 11.0 Å². The van der Waals surface area contributed by atoms with Crippen LogP contribution in [0.1, 0.15) is 5.56 Å². The number of rotatable bonds is 0. The molecular weight excluding hydrogens is 263 g/mol. The number of anilines is 2. The Bertz CT molecular complexity index is 934. The maximum absolute atomic E-state index is 6.20. The van der Waals surface area contributed by atoms with E-state index >= 15 is 0 Å². The summed E-state index contributed by atoms with van der Waals surface area (Å²) in [5.41, 5.74) is 6.11. The van der Waals surface area contributed by atoms with Crippen LogP contribution in [0.5, 0.6) is 5.75 Å². The zero-order valence-electron chi connectivity index (χ0n) is 11.1. The lowest BCUT2D eigenvalue weighted by molar-refractivity contribution is -0.675. The minimum atomic E-state index is -0.123. The molecule has 0 radical (unpaired) electrons. The second-order valence-electron chi connectivity index (χ2n) is 5.69. The SMILES string of the molecule is c1ccc2c(c1)OB1c3cccc4c3-c3c(oc[n+]3C4)N12. The molecular formula is C16H10BN2O2+. The standard InChI is InChI=1S/C16H10BN2O2/c1-2-7-13-12(6-1)19-16-15-14-10(8-18(15)9-20-16)4-3-5-11(14)17(19)21-13/h1-7,9H,8H2/q+1. The van der Waals surface area contributed by atoms with Crippen LogP contribution in [0.3, 0.4) is 0 Å². The number of aromatic nitrogens is 1. The van der Waals surface area contributed by atoms with Gasteiger partial charge in [-0.05, 0) is 12.1 Å². The van der Waals surface area contributed by atoms with Crippen molar-refractivity contribution in [2.75, 3.05) is 4.81 Å². The van der Waals surface area contributed by atoms with E-state index in [2.05, 4.69) is 33.6 Å². The molecule has 3 aromatic rings. The van der Waals surface area contributed by atoms with Crippen molar-refractivity contribution in [3.05, 3.63) is 54.4 Å². The minimum Gasteiger partial charge on any atom is -0.536 e. The van der Waals surface area contributed by atoms with Crippen molar-refractivity contribution >= 4 is 24.1 Å². The van der Waals surface area contributed by atoms with Gasteiger partial charge in [-0.1, -0.05) is 30.3 Å². The van der Waals surface area contributed by atoms with Crippen LogP contribution in [-0.4, -0.2) is 7.05 Å². The largest absolute Gasteiger partial charge is 0.536 e. The molecule has 0 unspecified atom stereocenters. The van der Waals surface area contributed by atoms with Crippen LogP contribution in [0.2, 0.25) is 0 Å². The second kappa shape index (κ2) is 3.14. The number of oxazole rings is 1. The van der Waals surface area contributed by atoms with Crippen LogP contribution < -0.4 is 19.5 Å². The van der Waals surface area contributed by atoms with Gasteiger partial charge in [-0.3, -0.25) is 0 Å². The minimum absolute atomic E-state index is 0.123. The average molecular weight is 273 g/mol. The first-order valence-electron chi connectivity index (χ1n) is 7.10. The van der Waals surface area contributed by atoms with Gasteiger partial charge in [0.05, 0.1) is 11.3 Å². The van der Waals surface area contributed by atoms with Gasteiger partial charge in [0.1, 0.15) is 5.75 Å². The number of benzene rings is 2. The van der Waals surface area contributed by atoms with E-state index in [0.717, 1.165) is 23.9 Å². The van der Waals surface area contributed by atoms with Crippen molar-refractivity contribution in [1.29, 1.82) is 0 Å². The Balaban J connectivity index is 1.74. The number of fused-ring (bicyclic) bond motifs is 5. The molecule has 2 aromatic carbocycles. The van der Waals surface area contributed by atoms with Crippen LogP contribution in [0, 0.1) is 0 Å². The molecule has 0 aliphatic carbocycles. The molecule has 1 aromatic heterocycles. The molecule has 98 valence electrons. The summed E-state index contributed by atoms with van der Waals surface area (Å²) in [6.45, 7) is 0.879. The van der Waals surface area contributed by atoms with Crippen molar-refractivity contribution in [2.24, 2.45) is 0 Å². The van der Waals surface area contributed by atoms with E-state index in [1.54, 1.807) is 0 Å². The van der Waals surface area contributed by atoms with Gasteiger partial charge >= 0.3 is 13.4 Å². The lowest BCUT2D eigenvalue weighted by atomic mass is 9.66. The summed E-state index contributed by atoms with van der Waals surface area (Å²) in [7, 11) is -0.123. The summed E-state index contributed by atoms with van der Waals surface area (Å²) in [4.78, 5) is 2.17. The molecule has 0 spiro atoms. The molecule has 4 heterocycles. The number of hydrogen-bond donors (Lipinski definition) is 0. The molecule has 3 aliphatic rings. The van der Waals surface area contributed by atoms with Crippen molar-refractivity contribution in [3.8, 4) is 17.0 Å². The first kappa shape index (κ1) is 10.1. The molecule has 4 nitrogen and oxygen atoms in total. The van der Waals surface area contributed by atoms with Gasteiger partial charge in [0.2, 0.25) is 0 Å². The Kier molecular flexibility index (Phi) is 1.51. The predicted octanol–water partition coefficient (Wildman–Crippen LogP) is 1.84. The Hall–Kier alpha value is -2.69. The summed E-state index contributed by atoms with van der Waals surface area (Å²) < 4.78 is 14.2. The summed E-state index contributed by atoms with van der Waals surface area (Å²) >= 11 is 0. The molecule has 6 rings (SSSR count). The topological polar surface area (TPSA) is 29.5 Å². The first-order chi connectivity index (χ1) is 10.4. The van der Waals surface area contributed by atoms with Gasteiger partial charge in [0.25, 0.3) is 11.6 Å². The third-order valence-corrected chi connectivity index (χ3v) is 4.62. The van der Waals surface area contributed by atoms with Gasteiger partial charge in [-0.2, -0.15) is 4.57 Å². The molecule has 0 saturated heterocycles. The summed E-state index contributed by atoms with van der Waals surface area (Å²) in [5, 5.41) is 0. The van der Waals surface area contributed by atoms with Crippen molar-refractivity contribution in [3.63, 3.8) is 0 Å². The highest BCUT2D eigenvalue weighted by Crippen LogP contribution is 2.47. The van der Waals surface area contributed by atoms with E-state index in [0.29, 0.717) is 0 Å². The molecule has 0 N–H and O–H groups in total. The van der Waals surface area contributed by atoms with Crippen molar-refractivity contribution in [1.82, 2.24) is 0 Å². The van der Waals surface area contributed by atoms with E-state index in [9.17, 15) is 0 Å². The van der Waals surface area contributed by atoms with Gasteiger partial charge < -0.3 is 13.9 Å². The van der Waals surface area contributed by atoms with Crippen LogP contribution >= 0.6 is 0 Å². The maximum Gasteiger partial charge on any atom is 0.527 e. The molecule has 5 heteroatoms. The summed E-state index contributed by atoms with van der Waals surface area (Å²) in [6.07, 6.45) is 1.82. The van der Waals surface area contributed by atoms with Gasteiger partial charge in [-0.15, -0.1) is 0 Å². The van der Waals surface area contributed by atoms with Gasteiger partial charge in [-0.25, -0.2) is 0 Å². The van der Waals surface area contributed by atoms with Crippen molar-refractivity contribution < 1.29 is 13.6 Å². The lowest BCUT2D eigenvalue weighted by Gasteiger charge is -2.23. The average Bonchev–Trinajstić information content (AvgIpc) is 3.17. The number of para-hydroxylation sites is 2. The molecule has 0 bridgehead atoms. The molecule has 0 amide bonds. The van der Waals surface area contributed by atoms with Crippen LogP contribution in [0.25, 0.3) is 11.3 Å². The fraction of sp³-hybridized carbons (Fsp3) is 0.0625. The first-order valence-corrected chi connectivity index (χ1v) is 7.10. The Morgan fingerprint density at radius 1 is 1.10 bits per heavy atom. The summed E-state index contributed by atoms with van der Waals surface area (Å²) in [5.74, 6) is 1.80. The van der Waals surface area contributed by atoms with Crippen LogP contribution in [0.15, 0.2) is 53.3 Å². The van der Waals surface area contributed by atoms with E-state index < -0.39 is 0 Å². The van der Waals surface area contributed by atoms with Crippen LogP contribution in [0.4, 0.5) is 11.6 Å². The van der Waals surface area contributed by atoms with E-state index in [1.165, 1.54) is 22.3 Å². The third kappa shape index (κ3) is 1.01. The fourth-order valence-corrected chi connectivity index (χ4v) is 3.79. The summed E-state index contributed by atoms with van der Waals surface area (Å²) in [6, 6.07) is 14.6. The molecule has 0 saturated carbocycles. The highest BCUT2D eigenvalue weighted by molar-refractivity contribution is 6.76. The van der Waals surface area contributed by atoms with E-state index in [1.807, 2.05) is 24.6 Å². The normalized spacial score (nSPS) is 15.6. The van der Waals surface area contributed by atoms with E-state index in [4.69, 9.17) is 9.07 Å². The highest BCUT2D eigenvalue weighted by atomic mass is 16.5. The number of nitrogens with zero attached hydrogens (tertiary/aromatic N) is 2.